The van der Waals surface area contributed by atoms with E-state index in [0.717, 1.165) is 23.9 Å². The molecule has 1 aromatic rings. The lowest BCUT2D eigenvalue weighted by Gasteiger charge is -2.32. The topological polar surface area (TPSA) is 19.4 Å². The van der Waals surface area contributed by atoms with Crippen LogP contribution in [0.3, 0.4) is 0 Å². The number of piperidine rings is 1. The summed E-state index contributed by atoms with van der Waals surface area (Å²) < 4.78 is 0. The predicted octanol–water partition coefficient (Wildman–Crippen LogP) is 2.02. The van der Waals surface area contributed by atoms with E-state index in [1.165, 1.54) is 25.9 Å². The van der Waals surface area contributed by atoms with E-state index in [2.05, 4.69) is 14.8 Å². The highest BCUT2D eigenvalue weighted by molar-refractivity contribution is 6.32. The number of pyridine rings is 1. The number of nitrogens with zero attached hydrogens (tertiary/aromatic N) is 3. The first-order valence-corrected chi connectivity index (χ1v) is 6.32. The molecule has 3 saturated heterocycles. The molecule has 3 fully saturated rings. The van der Waals surface area contributed by atoms with Gasteiger partial charge in [0.25, 0.3) is 0 Å². The molecule has 0 radical (unpaired) electrons. The Morgan fingerprint density at radius 3 is 2.75 bits per heavy atom. The molecule has 1 aromatic heterocycles. The number of fused-ring (bicyclic) bond motifs is 4. The highest BCUT2D eigenvalue weighted by Gasteiger charge is 2.30. The largest absolute Gasteiger partial charge is 0.351 e. The van der Waals surface area contributed by atoms with E-state index >= 15 is 0 Å². The van der Waals surface area contributed by atoms with E-state index < -0.39 is 0 Å². The summed E-state index contributed by atoms with van der Waals surface area (Å²) in [6.45, 7) is 4.65. The summed E-state index contributed by atoms with van der Waals surface area (Å²) in [6.07, 6.45) is 4.32. The van der Waals surface area contributed by atoms with Crippen molar-refractivity contribution in [3.8, 4) is 0 Å². The molecule has 86 valence electrons. The number of hydrogen-bond acceptors (Lipinski definition) is 3. The molecule has 3 nitrogen and oxygen atoms in total. The van der Waals surface area contributed by atoms with Crippen LogP contribution in [0.4, 0.5) is 5.82 Å². The Kier molecular flexibility index (Phi) is 2.74. The Morgan fingerprint density at radius 1 is 1.19 bits per heavy atom. The molecule has 4 rings (SSSR count). The van der Waals surface area contributed by atoms with Crippen molar-refractivity contribution in [3.63, 3.8) is 0 Å². The molecule has 3 aliphatic heterocycles. The van der Waals surface area contributed by atoms with Gasteiger partial charge in [-0.3, -0.25) is 0 Å². The highest BCUT2D eigenvalue weighted by atomic mass is 35.5. The van der Waals surface area contributed by atoms with Crippen LogP contribution in [0.15, 0.2) is 18.3 Å². The molecular weight excluding hydrogens is 222 g/mol. The van der Waals surface area contributed by atoms with Gasteiger partial charge in [-0.2, -0.15) is 0 Å². The van der Waals surface area contributed by atoms with Gasteiger partial charge in [-0.1, -0.05) is 11.6 Å². The van der Waals surface area contributed by atoms with Crippen molar-refractivity contribution in [2.24, 2.45) is 0 Å². The van der Waals surface area contributed by atoms with Crippen molar-refractivity contribution < 1.29 is 0 Å². The Labute approximate surface area is 101 Å². The zero-order chi connectivity index (χ0) is 11.0. The zero-order valence-corrected chi connectivity index (χ0v) is 10.0. The summed E-state index contributed by atoms with van der Waals surface area (Å²) in [5, 5.41) is 0.780. The summed E-state index contributed by atoms with van der Waals surface area (Å²) in [4.78, 5) is 9.37. The molecule has 0 N–H and O–H groups in total. The highest BCUT2D eigenvalue weighted by Crippen LogP contribution is 2.29. The first-order chi connectivity index (χ1) is 7.84. The Hall–Kier alpha value is -0.800. The van der Waals surface area contributed by atoms with Gasteiger partial charge in [0.15, 0.2) is 0 Å². The molecule has 0 aliphatic carbocycles. The van der Waals surface area contributed by atoms with Crippen molar-refractivity contribution in [1.82, 2.24) is 9.88 Å². The second kappa shape index (κ2) is 4.22. The lowest BCUT2D eigenvalue weighted by molar-refractivity contribution is 0.250. The van der Waals surface area contributed by atoms with Gasteiger partial charge in [-0.05, 0) is 25.0 Å². The molecule has 2 bridgehead atoms. The van der Waals surface area contributed by atoms with Crippen molar-refractivity contribution in [1.29, 1.82) is 0 Å². The van der Waals surface area contributed by atoms with Crippen LogP contribution in [0.5, 0.6) is 0 Å². The van der Waals surface area contributed by atoms with Crippen LogP contribution < -0.4 is 4.90 Å². The number of anilines is 1. The molecule has 3 aliphatic rings. The standard InChI is InChI=1S/C12H16ClN3/c13-11-2-1-5-14-12(11)16-9-8-15-6-3-10(16)4-7-15/h1-2,5,10H,3-4,6-9H2. The lowest BCUT2D eigenvalue weighted by atomic mass is 10.1. The SMILES string of the molecule is Clc1cccnc1N1CCN2CCC1CC2. The normalized spacial score (nSPS) is 29.2. The molecule has 0 atom stereocenters. The van der Waals surface area contributed by atoms with Crippen LogP contribution in [0.1, 0.15) is 12.8 Å². The number of halogens is 1. The monoisotopic (exact) mass is 237 g/mol. The number of aromatic nitrogens is 1. The van der Waals surface area contributed by atoms with Crippen LogP contribution in [0.2, 0.25) is 5.02 Å². The quantitative estimate of drug-likeness (QED) is 0.745. The predicted molar refractivity (Wildman–Crippen MR) is 66.1 cm³/mol. The van der Waals surface area contributed by atoms with Crippen LogP contribution in [-0.2, 0) is 0 Å². The van der Waals surface area contributed by atoms with Crippen molar-refractivity contribution in [2.75, 3.05) is 31.1 Å². The van der Waals surface area contributed by atoms with Crippen molar-refractivity contribution in [2.45, 2.75) is 18.9 Å². The fourth-order valence-electron chi connectivity index (χ4n) is 2.75. The maximum absolute atomic E-state index is 6.23. The van der Waals surface area contributed by atoms with Gasteiger partial charge in [0.05, 0.1) is 5.02 Å². The molecule has 0 aromatic carbocycles. The van der Waals surface area contributed by atoms with E-state index in [0.29, 0.717) is 6.04 Å². The first kappa shape index (κ1) is 10.4. The Bertz CT molecular complexity index is 374. The average Bonchev–Trinajstić information content (AvgIpc) is 2.63. The molecule has 4 heterocycles. The van der Waals surface area contributed by atoms with Gasteiger partial charge in [0.2, 0.25) is 0 Å². The third-order valence-corrected chi connectivity index (χ3v) is 3.96. The van der Waals surface area contributed by atoms with Gasteiger partial charge in [0, 0.05) is 38.4 Å². The Morgan fingerprint density at radius 2 is 2.00 bits per heavy atom. The molecule has 0 saturated carbocycles. The molecule has 4 heteroatoms. The van der Waals surface area contributed by atoms with Crippen LogP contribution in [0, 0.1) is 0 Å². The van der Waals surface area contributed by atoms with Crippen molar-refractivity contribution in [3.05, 3.63) is 23.4 Å². The average molecular weight is 238 g/mol. The van der Waals surface area contributed by atoms with Gasteiger partial charge >= 0.3 is 0 Å². The molecular formula is C12H16ClN3. The minimum absolute atomic E-state index is 0.631. The van der Waals surface area contributed by atoms with E-state index in [-0.39, 0.29) is 0 Å². The second-order valence-electron chi connectivity index (χ2n) is 4.58. The minimum atomic E-state index is 0.631. The molecule has 0 unspecified atom stereocenters. The van der Waals surface area contributed by atoms with Gasteiger partial charge in [-0.15, -0.1) is 0 Å². The number of rotatable bonds is 1. The minimum Gasteiger partial charge on any atom is -0.351 e. The zero-order valence-electron chi connectivity index (χ0n) is 9.27. The van der Waals surface area contributed by atoms with E-state index in [1.807, 2.05) is 18.3 Å². The summed E-state index contributed by atoms with van der Waals surface area (Å²) in [7, 11) is 0. The lowest BCUT2D eigenvalue weighted by Crippen LogP contribution is -2.38. The summed E-state index contributed by atoms with van der Waals surface area (Å²) in [5.41, 5.74) is 0. The van der Waals surface area contributed by atoms with Gasteiger partial charge in [-0.25, -0.2) is 4.98 Å². The third-order valence-electron chi connectivity index (χ3n) is 3.67. The molecule has 16 heavy (non-hydrogen) atoms. The van der Waals surface area contributed by atoms with Crippen molar-refractivity contribution >= 4 is 17.4 Å². The Balaban J connectivity index is 1.91. The maximum atomic E-state index is 6.23. The van der Waals surface area contributed by atoms with E-state index in [4.69, 9.17) is 11.6 Å². The smallest absolute Gasteiger partial charge is 0.147 e. The van der Waals surface area contributed by atoms with E-state index in [9.17, 15) is 0 Å². The van der Waals surface area contributed by atoms with Crippen LogP contribution in [0.25, 0.3) is 0 Å². The second-order valence-corrected chi connectivity index (χ2v) is 4.98. The van der Waals surface area contributed by atoms with Gasteiger partial charge < -0.3 is 9.80 Å². The summed E-state index contributed by atoms with van der Waals surface area (Å²) in [5.74, 6) is 0.970. The van der Waals surface area contributed by atoms with Crippen LogP contribution >= 0.6 is 11.6 Å². The van der Waals surface area contributed by atoms with E-state index in [1.54, 1.807) is 0 Å². The summed E-state index contributed by atoms with van der Waals surface area (Å²) >= 11 is 6.23. The summed E-state index contributed by atoms with van der Waals surface area (Å²) in [6, 6.07) is 4.46. The van der Waals surface area contributed by atoms with Crippen LogP contribution in [-0.4, -0.2) is 42.1 Å². The molecule has 0 amide bonds. The third kappa shape index (κ3) is 1.78. The fourth-order valence-corrected chi connectivity index (χ4v) is 2.98. The first-order valence-electron chi connectivity index (χ1n) is 5.94. The maximum Gasteiger partial charge on any atom is 0.147 e. The molecule has 0 spiro atoms. The number of hydrogen-bond donors (Lipinski definition) is 0. The fraction of sp³-hybridized carbons (Fsp3) is 0.583. The van der Waals surface area contributed by atoms with Gasteiger partial charge in [0.1, 0.15) is 5.82 Å².